The molecule has 0 saturated heterocycles. The maximum atomic E-state index is 10.6. The van der Waals surface area contributed by atoms with Gasteiger partial charge in [-0.1, -0.05) is 11.6 Å². The fraction of sp³-hybridized carbons (Fsp3) is 0.200. The van der Waals surface area contributed by atoms with Gasteiger partial charge in [-0.2, -0.15) is 0 Å². The van der Waals surface area contributed by atoms with Crippen LogP contribution in [0.3, 0.4) is 0 Å². The molecule has 2 rings (SSSR count). The summed E-state index contributed by atoms with van der Waals surface area (Å²) in [6, 6.07) is 0. The molecule has 2 aromatic heterocycles. The number of carbonyl (C=O) groups is 1. The lowest BCUT2D eigenvalue weighted by Gasteiger charge is -2.05. The molecule has 94 valence electrons. The summed E-state index contributed by atoms with van der Waals surface area (Å²) in [7, 11) is 0. The predicted molar refractivity (Wildman–Crippen MR) is 64.7 cm³/mol. The zero-order valence-corrected chi connectivity index (χ0v) is 10.0. The summed E-state index contributed by atoms with van der Waals surface area (Å²) >= 11 is 5.68. The fourth-order valence-corrected chi connectivity index (χ4v) is 1.48. The number of halogens is 1. The summed E-state index contributed by atoms with van der Waals surface area (Å²) in [6.45, 7) is 1.12. The highest BCUT2D eigenvalue weighted by molar-refractivity contribution is 6.29. The first-order valence-electron chi connectivity index (χ1n) is 5.11. The van der Waals surface area contributed by atoms with E-state index in [1.807, 2.05) is 0 Å². The molecule has 0 spiro atoms. The van der Waals surface area contributed by atoms with Gasteiger partial charge >= 0.3 is 5.97 Å². The highest BCUT2D eigenvalue weighted by atomic mass is 35.5. The number of carboxylic acid groups (broad SMARTS) is 1. The molecule has 0 amide bonds. The molecule has 0 aromatic carbocycles. The topological polar surface area (TPSA) is 92.9 Å². The average Bonchev–Trinajstić information content (AvgIpc) is 2.78. The molecule has 0 bridgehead atoms. The molecule has 7 nitrogen and oxygen atoms in total. The Morgan fingerprint density at radius 3 is 3.00 bits per heavy atom. The van der Waals surface area contributed by atoms with Gasteiger partial charge in [-0.25, -0.2) is 14.8 Å². The van der Waals surface area contributed by atoms with Gasteiger partial charge < -0.3 is 15.0 Å². The SMILES string of the molecule is O=C(O)c1cn(CCNc2cncc(Cl)n2)cn1. The van der Waals surface area contributed by atoms with Crippen LogP contribution in [0.5, 0.6) is 0 Å². The van der Waals surface area contributed by atoms with Crippen LogP contribution in [0, 0.1) is 0 Å². The van der Waals surface area contributed by atoms with E-state index in [4.69, 9.17) is 16.7 Å². The van der Waals surface area contributed by atoms with Crippen LogP contribution in [0.1, 0.15) is 10.5 Å². The number of hydrogen-bond acceptors (Lipinski definition) is 5. The number of nitrogens with one attached hydrogen (secondary N) is 1. The summed E-state index contributed by atoms with van der Waals surface area (Å²) in [6.07, 6.45) is 5.94. The summed E-state index contributed by atoms with van der Waals surface area (Å²) in [5.41, 5.74) is 0.0255. The van der Waals surface area contributed by atoms with Gasteiger partial charge in [0.15, 0.2) is 5.69 Å². The minimum atomic E-state index is -1.04. The third-order valence-electron chi connectivity index (χ3n) is 2.13. The Bertz CT molecular complexity index is 557. The van der Waals surface area contributed by atoms with Crippen molar-refractivity contribution in [2.75, 3.05) is 11.9 Å². The Labute approximate surface area is 107 Å². The molecular weight excluding hydrogens is 258 g/mol. The molecule has 0 aliphatic carbocycles. The molecule has 0 fully saturated rings. The standard InChI is InChI=1S/C10H10ClN5O2/c11-8-3-12-4-9(15-8)13-1-2-16-5-7(10(17)18)14-6-16/h3-6H,1-2H2,(H,13,15)(H,17,18). The summed E-state index contributed by atoms with van der Waals surface area (Å²) in [5.74, 6) is -0.469. The van der Waals surface area contributed by atoms with E-state index < -0.39 is 5.97 Å². The molecule has 0 aliphatic heterocycles. The highest BCUT2D eigenvalue weighted by Gasteiger charge is 2.05. The van der Waals surface area contributed by atoms with Crippen molar-refractivity contribution in [2.24, 2.45) is 0 Å². The number of aromatic carboxylic acids is 1. The minimum Gasteiger partial charge on any atom is -0.476 e. The smallest absolute Gasteiger partial charge is 0.356 e. The van der Waals surface area contributed by atoms with E-state index in [-0.39, 0.29) is 5.69 Å². The second kappa shape index (κ2) is 5.46. The van der Waals surface area contributed by atoms with Gasteiger partial charge in [-0.15, -0.1) is 0 Å². The zero-order valence-electron chi connectivity index (χ0n) is 9.25. The van der Waals surface area contributed by atoms with Crippen LogP contribution in [0.15, 0.2) is 24.9 Å². The Kier molecular flexibility index (Phi) is 3.73. The van der Waals surface area contributed by atoms with Crippen LogP contribution >= 0.6 is 11.6 Å². The van der Waals surface area contributed by atoms with Crippen LogP contribution in [0.25, 0.3) is 0 Å². The van der Waals surface area contributed by atoms with Crippen molar-refractivity contribution in [3.05, 3.63) is 35.8 Å². The van der Waals surface area contributed by atoms with Crippen molar-refractivity contribution >= 4 is 23.4 Å². The van der Waals surface area contributed by atoms with Gasteiger partial charge in [0.2, 0.25) is 0 Å². The first-order valence-corrected chi connectivity index (χ1v) is 5.49. The van der Waals surface area contributed by atoms with Gasteiger partial charge in [0.1, 0.15) is 11.0 Å². The molecular formula is C10H10ClN5O2. The maximum absolute atomic E-state index is 10.6. The van der Waals surface area contributed by atoms with E-state index in [2.05, 4.69) is 20.3 Å². The molecule has 2 aromatic rings. The average molecular weight is 268 g/mol. The predicted octanol–water partition coefficient (Wildman–Crippen LogP) is 1.14. The Morgan fingerprint density at radius 1 is 1.50 bits per heavy atom. The van der Waals surface area contributed by atoms with E-state index in [0.29, 0.717) is 24.1 Å². The van der Waals surface area contributed by atoms with E-state index in [1.165, 1.54) is 18.7 Å². The molecule has 8 heteroatoms. The van der Waals surface area contributed by atoms with Gasteiger partial charge in [0.25, 0.3) is 0 Å². The quantitative estimate of drug-likeness (QED) is 0.844. The second-order valence-electron chi connectivity index (χ2n) is 3.46. The normalized spacial score (nSPS) is 10.3. The molecule has 18 heavy (non-hydrogen) atoms. The van der Waals surface area contributed by atoms with E-state index in [0.717, 1.165) is 0 Å². The third kappa shape index (κ3) is 3.17. The molecule has 2 heterocycles. The van der Waals surface area contributed by atoms with Crippen LogP contribution in [0.2, 0.25) is 5.15 Å². The van der Waals surface area contributed by atoms with Crippen LogP contribution < -0.4 is 5.32 Å². The van der Waals surface area contributed by atoms with E-state index >= 15 is 0 Å². The Balaban J connectivity index is 1.86. The number of nitrogens with zero attached hydrogens (tertiary/aromatic N) is 4. The number of imidazole rings is 1. The Morgan fingerprint density at radius 2 is 2.33 bits per heavy atom. The van der Waals surface area contributed by atoms with Crippen molar-refractivity contribution in [3.63, 3.8) is 0 Å². The van der Waals surface area contributed by atoms with Crippen molar-refractivity contribution in [1.29, 1.82) is 0 Å². The first kappa shape index (κ1) is 12.3. The van der Waals surface area contributed by atoms with Crippen LogP contribution in [-0.4, -0.2) is 37.1 Å². The van der Waals surface area contributed by atoms with E-state index in [9.17, 15) is 4.79 Å². The lowest BCUT2D eigenvalue weighted by Crippen LogP contribution is -2.10. The number of hydrogen-bond donors (Lipinski definition) is 2. The number of anilines is 1. The van der Waals surface area contributed by atoms with Gasteiger partial charge in [-0.05, 0) is 0 Å². The molecule has 0 aliphatic rings. The largest absolute Gasteiger partial charge is 0.476 e. The van der Waals surface area contributed by atoms with Gasteiger partial charge in [0.05, 0.1) is 18.7 Å². The van der Waals surface area contributed by atoms with Gasteiger partial charge in [-0.3, -0.25) is 4.98 Å². The summed E-state index contributed by atoms with van der Waals surface area (Å²) in [5, 5.41) is 12.0. The monoisotopic (exact) mass is 267 g/mol. The number of rotatable bonds is 5. The fourth-order valence-electron chi connectivity index (χ4n) is 1.33. The number of aromatic nitrogens is 4. The Hall–Kier alpha value is -2.15. The summed E-state index contributed by atoms with van der Waals surface area (Å²) in [4.78, 5) is 22.3. The highest BCUT2D eigenvalue weighted by Crippen LogP contribution is 2.06. The molecule has 0 saturated carbocycles. The maximum Gasteiger partial charge on any atom is 0.356 e. The van der Waals surface area contributed by atoms with Crippen molar-refractivity contribution < 1.29 is 9.90 Å². The van der Waals surface area contributed by atoms with Gasteiger partial charge in [0, 0.05) is 19.3 Å². The first-order chi connectivity index (χ1) is 8.65. The minimum absolute atomic E-state index is 0.0255. The second-order valence-corrected chi connectivity index (χ2v) is 3.84. The molecule has 0 radical (unpaired) electrons. The van der Waals surface area contributed by atoms with Crippen molar-refractivity contribution in [1.82, 2.24) is 19.5 Å². The van der Waals surface area contributed by atoms with Crippen LogP contribution in [-0.2, 0) is 6.54 Å². The molecule has 0 atom stereocenters. The summed E-state index contributed by atoms with van der Waals surface area (Å²) < 4.78 is 1.68. The van der Waals surface area contributed by atoms with Crippen molar-refractivity contribution in [3.8, 4) is 0 Å². The lowest BCUT2D eigenvalue weighted by molar-refractivity contribution is 0.0691. The molecule has 2 N–H and O–H groups in total. The third-order valence-corrected chi connectivity index (χ3v) is 2.32. The van der Waals surface area contributed by atoms with E-state index in [1.54, 1.807) is 10.8 Å². The van der Waals surface area contributed by atoms with Crippen molar-refractivity contribution in [2.45, 2.75) is 6.54 Å². The molecule has 0 unspecified atom stereocenters. The zero-order chi connectivity index (χ0) is 13.0. The van der Waals surface area contributed by atoms with Crippen LogP contribution in [0.4, 0.5) is 5.82 Å². The lowest BCUT2D eigenvalue weighted by atomic mass is 10.5. The number of carboxylic acids is 1.